The Hall–Kier alpha value is -0.890. The fourth-order valence-electron chi connectivity index (χ4n) is 0.729. The van der Waals surface area contributed by atoms with Gasteiger partial charge in [0, 0.05) is 12.1 Å². The van der Waals surface area contributed by atoms with Crippen molar-refractivity contribution in [2.24, 2.45) is 0 Å². The molecule has 0 aliphatic carbocycles. The second kappa shape index (κ2) is 3.01. The van der Waals surface area contributed by atoms with Crippen molar-refractivity contribution in [3.63, 3.8) is 0 Å². The van der Waals surface area contributed by atoms with Crippen LogP contribution in [-0.2, 0) is 4.79 Å². The van der Waals surface area contributed by atoms with Crippen LogP contribution in [0.25, 0.3) is 0 Å². The van der Waals surface area contributed by atoms with E-state index in [4.69, 9.17) is 0 Å². The van der Waals surface area contributed by atoms with Gasteiger partial charge in [0.05, 0.1) is 0 Å². The van der Waals surface area contributed by atoms with E-state index in [1.807, 2.05) is 0 Å². The summed E-state index contributed by atoms with van der Waals surface area (Å²) in [7, 11) is 2.23. The van der Waals surface area contributed by atoms with Gasteiger partial charge in [-0.2, -0.15) is 0 Å². The number of carbonyl (C=O) groups is 2. The van der Waals surface area contributed by atoms with E-state index in [0.717, 1.165) is 5.70 Å². The number of urea groups is 1. The third kappa shape index (κ3) is 1.77. The molecule has 1 aliphatic heterocycles. The molecule has 0 aromatic rings. The fraction of sp³-hybridized carbons (Fsp3) is 0.333. The highest BCUT2D eigenvalue weighted by Crippen LogP contribution is 2.13. The van der Waals surface area contributed by atoms with Crippen molar-refractivity contribution in [3.05, 3.63) is 11.8 Å². The average Bonchev–Trinajstić information content (AvgIpc) is 2.05. The van der Waals surface area contributed by atoms with Crippen molar-refractivity contribution in [1.29, 1.82) is 0 Å². The molecule has 0 saturated carbocycles. The largest absolute Gasteiger partial charge is 0.331 e. The molecule has 0 saturated heterocycles. The predicted molar refractivity (Wildman–Crippen MR) is 43.5 cm³/mol. The van der Waals surface area contributed by atoms with Crippen LogP contribution in [0.3, 0.4) is 0 Å². The van der Waals surface area contributed by atoms with Crippen LogP contribution in [0, 0.1) is 0 Å². The zero-order valence-corrected chi connectivity index (χ0v) is 7.28. The maximum Gasteiger partial charge on any atom is 0.331 e. The number of nitrogens with one attached hydrogen (secondary N) is 1. The minimum absolute atomic E-state index is 0.265. The highest BCUT2D eigenvalue weighted by Gasteiger charge is 2.16. The van der Waals surface area contributed by atoms with Crippen LogP contribution in [0.4, 0.5) is 4.79 Å². The molecule has 1 N–H and O–H groups in total. The third-order valence-electron chi connectivity index (χ3n) is 1.43. The summed E-state index contributed by atoms with van der Waals surface area (Å²) in [4.78, 5) is 21.7. The summed E-state index contributed by atoms with van der Waals surface area (Å²) >= 11 is 0. The van der Waals surface area contributed by atoms with Crippen LogP contribution in [0.1, 0.15) is 13.3 Å². The summed E-state index contributed by atoms with van der Waals surface area (Å²) in [5.74, 6) is -0.265. The Bertz CT molecular complexity index is 237. The van der Waals surface area contributed by atoms with Crippen LogP contribution in [-0.4, -0.2) is 16.6 Å². The van der Waals surface area contributed by atoms with Gasteiger partial charge in [0.2, 0.25) is 5.91 Å². The third-order valence-corrected chi connectivity index (χ3v) is 2.07. The summed E-state index contributed by atoms with van der Waals surface area (Å²) in [6, 6.07) is -0.397. The Morgan fingerprint density at radius 3 is 2.91 bits per heavy atom. The van der Waals surface area contributed by atoms with Crippen molar-refractivity contribution in [2.75, 3.05) is 0 Å². The Kier molecular flexibility index (Phi) is 2.25. The van der Waals surface area contributed by atoms with Crippen LogP contribution in [0.2, 0.25) is 0 Å². The first-order chi connectivity index (χ1) is 5.11. The quantitative estimate of drug-likeness (QED) is 0.544. The molecule has 4 nitrogen and oxygen atoms in total. The lowest BCUT2D eigenvalue weighted by atomic mass is 10.3. The molecular formula is C6H9N2O2P. The number of allylic oxidation sites excluding steroid dienone is 1. The summed E-state index contributed by atoms with van der Waals surface area (Å²) in [6.45, 7) is 1.77. The molecular weight excluding hydrogens is 163 g/mol. The number of amides is 3. The molecule has 5 heteroatoms. The lowest BCUT2D eigenvalue weighted by Gasteiger charge is -2.13. The van der Waals surface area contributed by atoms with E-state index >= 15 is 0 Å². The molecule has 0 radical (unpaired) electrons. The molecule has 1 rings (SSSR count). The SMILES string of the molecule is CC1=CCC(=O)NC(=O)N1P. The van der Waals surface area contributed by atoms with Crippen molar-refractivity contribution in [3.8, 4) is 0 Å². The molecule has 0 bridgehead atoms. The standard InChI is InChI=1S/C6H9N2O2P/c1-4-2-3-5(9)7-6(10)8(4)11/h2H,3,11H2,1H3,(H,7,9,10). The monoisotopic (exact) mass is 172 g/mol. The maximum atomic E-state index is 11.0. The lowest BCUT2D eigenvalue weighted by molar-refractivity contribution is -0.119. The number of imide groups is 1. The van der Waals surface area contributed by atoms with E-state index in [2.05, 4.69) is 14.7 Å². The van der Waals surface area contributed by atoms with Gasteiger partial charge in [-0.05, 0) is 16.3 Å². The molecule has 1 unspecified atom stereocenters. The van der Waals surface area contributed by atoms with E-state index < -0.39 is 6.03 Å². The highest BCUT2D eigenvalue weighted by molar-refractivity contribution is 7.15. The summed E-state index contributed by atoms with van der Waals surface area (Å²) < 4.78 is 1.32. The van der Waals surface area contributed by atoms with Crippen LogP contribution < -0.4 is 5.32 Å². The van der Waals surface area contributed by atoms with Gasteiger partial charge >= 0.3 is 6.03 Å². The van der Waals surface area contributed by atoms with Gasteiger partial charge in [-0.1, -0.05) is 6.08 Å². The Labute approximate surface area is 66.9 Å². The van der Waals surface area contributed by atoms with Crippen molar-refractivity contribution in [2.45, 2.75) is 13.3 Å². The predicted octanol–water partition coefficient (Wildman–Crippen LogP) is 0.622. The molecule has 0 aromatic heterocycles. The van der Waals surface area contributed by atoms with E-state index in [1.54, 1.807) is 13.0 Å². The number of nitrogens with zero attached hydrogens (tertiary/aromatic N) is 1. The van der Waals surface area contributed by atoms with Crippen molar-refractivity contribution < 1.29 is 9.59 Å². The van der Waals surface area contributed by atoms with E-state index in [9.17, 15) is 9.59 Å². The average molecular weight is 172 g/mol. The van der Waals surface area contributed by atoms with E-state index in [1.165, 1.54) is 4.67 Å². The molecule has 60 valence electrons. The topological polar surface area (TPSA) is 49.4 Å². The Morgan fingerprint density at radius 1 is 1.64 bits per heavy atom. The zero-order valence-electron chi connectivity index (χ0n) is 6.13. The van der Waals surface area contributed by atoms with E-state index in [-0.39, 0.29) is 12.3 Å². The van der Waals surface area contributed by atoms with Gasteiger partial charge in [0.25, 0.3) is 0 Å². The minimum Gasteiger partial charge on any atom is -0.283 e. The fourth-order valence-corrected chi connectivity index (χ4v) is 0.899. The normalized spacial score (nSPS) is 19.1. The molecule has 1 atom stereocenters. The van der Waals surface area contributed by atoms with Crippen LogP contribution >= 0.6 is 9.39 Å². The van der Waals surface area contributed by atoms with Crippen molar-refractivity contribution >= 4 is 21.3 Å². The smallest absolute Gasteiger partial charge is 0.283 e. The minimum atomic E-state index is -0.397. The maximum absolute atomic E-state index is 11.0. The number of carbonyl (C=O) groups excluding carboxylic acids is 2. The molecule has 1 heterocycles. The first-order valence-corrected chi connectivity index (χ1v) is 3.68. The summed E-state index contributed by atoms with van der Waals surface area (Å²) in [5.41, 5.74) is 0.762. The first-order valence-electron chi connectivity index (χ1n) is 3.16. The highest BCUT2D eigenvalue weighted by atomic mass is 31.0. The first kappa shape index (κ1) is 8.21. The van der Waals surface area contributed by atoms with Gasteiger partial charge in [-0.25, -0.2) is 4.79 Å². The van der Waals surface area contributed by atoms with Gasteiger partial charge in [0.1, 0.15) is 0 Å². The molecule has 1 aliphatic rings. The Morgan fingerprint density at radius 2 is 2.27 bits per heavy atom. The second-order valence-electron chi connectivity index (χ2n) is 2.27. The molecule has 3 amide bonds. The van der Waals surface area contributed by atoms with Crippen LogP contribution in [0.15, 0.2) is 11.8 Å². The molecule has 0 fully saturated rings. The summed E-state index contributed by atoms with van der Waals surface area (Å²) in [5, 5.41) is 2.20. The second-order valence-corrected chi connectivity index (χ2v) is 2.79. The lowest BCUT2D eigenvalue weighted by Crippen LogP contribution is -2.34. The van der Waals surface area contributed by atoms with E-state index in [0.29, 0.717) is 0 Å². The molecule has 0 aromatic carbocycles. The summed E-state index contributed by atoms with van der Waals surface area (Å²) in [6.07, 6.45) is 1.97. The van der Waals surface area contributed by atoms with Gasteiger partial charge in [0.15, 0.2) is 0 Å². The van der Waals surface area contributed by atoms with Gasteiger partial charge < -0.3 is 0 Å². The number of hydrogen-bond acceptors (Lipinski definition) is 2. The molecule has 11 heavy (non-hydrogen) atoms. The van der Waals surface area contributed by atoms with Gasteiger partial charge in [-0.15, -0.1) is 0 Å². The van der Waals surface area contributed by atoms with Gasteiger partial charge in [-0.3, -0.25) is 14.8 Å². The van der Waals surface area contributed by atoms with Crippen molar-refractivity contribution in [1.82, 2.24) is 9.99 Å². The zero-order chi connectivity index (χ0) is 8.43. The number of rotatable bonds is 0. The molecule has 0 spiro atoms. The number of hydrogen-bond donors (Lipinski definition) is 1. The Balaban J connectivity index is 2.84. The van der Waals surface area contributed by atoms with Crippen LogP contribution in [0.5, 0.6) is 0 Å².